The fourth-order valence-electron chi connectivity index (χ4n) is 1.93. The average Bonchev–Trinajstić information content (AvgIpc) is 2.15. The van der Waals surface area contributed by atoms with E-state index < -0.39 is 9.84 Å². The topological polar surface area (TPSA) is 85.9 Å². The first-order chi connectivity index (χ1) is 7.46. The van der Waals surface area contributed by atoms with Gasteiger partial charge in [0.15, 0.2) is 9.84 Å². The number of fused-ring (bicyclic) bond motifs is 1. The van der Waals surface area contributed by atoms with Crippen LogP contribution in [0.25, 0.3) is 0 Å². The minimum absolute atomic E-state index is 0.00367. The quantitative estimate of drug-likeness (QED) is 0.807. The van der Waals surface area contributed by atoms with Crippen molar-refractivity contribution < 1.29 is 8.42 Å². The molecule has 16 heavy (non-hydrogen) atoms. The van der Waals surface area contributed by atoms with Crippen LogP contribution >= 0.6 is 0 Å². The summed E-state index contributed by atoms with van der Waals surface area (Å²) >= 11 is 0. The van der Waals surface area contributed by atoms with Gasteiger partial charge in [0.05, 0.1) is 0 Å². The Balaban J connectivity index is 2.32. The third kappa shape index (κ3) is 2.56. The van der Waals surface area contributed by atoms with Gasteiger partial charge >= 0.3 is 0 Å². The van der Waals surface area contributed by atoms with Crippen LogP contribution in [0.5, 0.6) is 0 Å². The summed E-state index contributed by atoms with van der Waals surface area (Å²) in [7, 11) is -3.07. The van der Waals surface area contributed by atoms with Crippen LogP contribution in [-0.2, 0) is 22.0 Å². The summed E-state index contributed by atoms with van der Waals surface area (Å²) in [6.07, 6.45) is 5.67. The summed E-state index contributed by atoms with van der Waals surface area (Å²) < 4.78 is 22.3. The maximum absolute atomic E-state index is 11.1. The SMILES string of the molecule is CS(=O)(=O)Cc1ncc2c(n1)CCCC2N. The van der Waals surface area contributed by atoms with Crippen molar-refractivity contribution in [1.29, 1.82) is 0 Å². The molecule has 0 aromatic carbocycles. The lowest BCUT2D eigenvalue weighted by Gasteiger charge is -2.20. The number of nitrogens with zero attached hydrogens (tertiary/aromatic N) is 2. The molecule has 0 radical (unpaired) electrons. The van der Waals surface area contributed by atoms with E-state index in [0.717, 1.165) is 30.5 Å². The van der Waals surface area contributed by atoms with Gasteiger partial charge < -0.3 is 5.73 Å². The molecule has 1 unspecified atom stereocenters. The fraction of sp³-hybridized carbons (Fsp3) is 0.600. The Labute approximate surface area is 95.0 Å². The molecule has 1 heterocycles. The Morgan fingerprint density at radius 2 is 2.31 bits per heavy atom. The standard InChI is InChI=1S/C10H15N3O2S/c1-16(14,15)6-10-12-5-7-8(11)3-2-4-9(7)13-10/h5,8H,2-4,6,11H2,1H3. The first-order valence-electron chi connectivity index (χ1n) is 5.24. The van der Waals surface area contributed by atoms with Crippen molar-refractivity contribution in [3.05, 3.63) is 23.3 Å². The molecule has 0 bridgehead atoms. The molecule has 0 saturated carbocycles. The van der Waals surface area contributed by atoms with Gasteiger partial charge in [0.2, 0.25) is 0 Å². The molecule has 0 spiro atoms. The number of hydrogen-bond donors (Lipinski definition) is 1. The summed E-state index contributed by atoms with van der Waals surface area (Å²) in [5, 5.41) is 0. The highest BCUT2D eigenvalue weighted by Crippen LogP contribution is 2.25. The van der Waals surface area contributed by atoms with Crippen molar-refractivity contribution in [2.75, 3.05) is 6.26 Å². The maximum atomic E-state index is 11.1. The highest BCUT2D eigenvalue weighted by Gasteiger charge is 2.19. The molecule has 2 rings (SSSR count). The molecule has 6 heteroatoms. The third-order valence-electron chi connectivity index (χ3n) is 2.67. The molecule has 0 amide bonds. The smallest absolute Gasteiger partial charge is 0.154 e. The van der Waals surface area contributed by atoms with Crippen molar-refractivity contribution in [2.24, 2.45) is 5.73 Å². The molecule has 1 aromatic rings. The van der Waals surface area contributed by atoms with Crippen LogP contribution in [-0.4, -0.2) is 24.6 Å². The van der Waals surface area contributed by atoms with E-state index >= 15 is 0 Å². The zero-order valence-corrected chi connectivity index (χ0v) is 10.00. The van der Waals surface area contributed by atoms with Crippen LogP contribution < -0.4 is 5.73 Å². The number of rotatable bonds is 2. The van der Waals surface area contributed by atoms with Gasteiger partial charge in [0.25, 0.3) is 0 Å². The number of aryl methyl sites for hydroxylation is 1. The van der Waals surface area contributed by atoms with Crippen LogP contribution in [0.3, 0.4) is 0 Å². The number of nitrogens with two attached hydrogens (primary N) is 1. The van der Waals surface area contributed by atoms with Gasteiger partial charge in [-0.05, 0) is 19.3 Å². The van der Waals surface area contributed by atoms with Crippen molar-refractivity contribution >= 4 is 9.84 Å². The van der Waals surface area contributed by atoms with Gasteiger partial charge in [-0.25, -0.2) is 18.4 Å². The Bertz CT molecular complexity index is 499. The van der Waals surface area contributed by atoms with Gasteiger partial charge in [-0.1, -0.05) is 0 Å². The molecule has 5 nitrogen and oxygen atoms in total. The highest BCUT2D eigenvalue weighted by atomic mass is 32.2. The number of sulfone groups is 1. The lowest BCUT2D eigenvalue weighted by atomic mass is 9.93. The first kappa shape index (κ1) is 11.5. The van der Waals surface area contributed by atoms with E-state index in [1.807, 2.05) is 0 Å². The van der Waals surface area contributed by atoms with Crippen molar-refractivity contribution in [3.8, 4) is 0 Å². The summed E-state index contributed by atoms with van der Waals surface area (Å²) in [5.74, 6) is 0.269. The second kappa shape index (κ2) is 4.10. The molecule has 0 fully saturated rings. The second-order valence-corrected chi connectivity index (χ2v) is 6.40. The van der Waals surface area contributed by atoms with Crippen LogP contribution in [0.1, 0.15) is 36.0 Å². The van der Waals surface area contributed by atoms with Crippen molar-refractivity contribution in [1.82, 2.24) is 9.97 Å². The van der Waals surface area contributed by atoms with E-state index in [0.29, 0.717) is 5.82 Å². The molecule has 1 aliphatic rings. The minimum atomic E-state index is -3.07. The zero-order valence-electron chi connectivity index (χ0n) is 9.18. The monoisotopic (exact) mass is 241 g/mol. The molecular weight excluding hydrogens is 226 g/mol. The molecule has 1 aliphatic carbocycles. The largest absolute Gasteiger partial charge is 0.324 e. The van der Waals surface area contributed by atoms with E-state index in [9.17, 15) is 8.42 Å². The highest BCUT2D eigenvalue weighted by molar-refractivity contribution is 7.89. The predicted octanol–water partition coefficient (Wildman–Crippen LogP) is 0.357. The third-order valence-corrected chi connectivity index (χ3v) is 3.45. The molecule has 1 atom stereocenters. The molecular formula is C10H15N3O2S. The van der Waals surface area contributed by atoms with Crippen LogP contribution in [0, 0.1) is 0 Å². The van der Waals surface area contributed by atoms with Gasteiger partial charge in [-0.3, -0.25) is 0 Å². The molecule has 1 aromatic heterocycles. The molecule has 0 aliphatic heterocycles. The predicted molar refractivity (Wildman–Crippen MR) is 60.4 cm³/mol. The van der Waals surface area contributed by atoms with Crippen LogP contribution in [0.15, 0.2) is 6.20 Å². The van der Waals surface area contributed by atoms with E-state index in [2.05, 4.69) is 9.97 Å². The normalized spacial score (nSPS) is 20.5. The Hall–Kier alpha value is -1.01. The van der Waals surface area contributed by atoms with Crippen LogP contribution in [0.2, 0.25) is 0 Å². The Kier molecular flexibility index (Phi) is 2.94. The van der Waals surface area contributed by atoms with E-state index in [-0.39, 0.29) is 11.8 Å². The van der Waals surface area contributed by atoms with Gasteiger partial charge in [-0.2, -0.15) is 0 Å². The maximum Gasteiger partial charge on any atom is 0.154 e. The van der Waals surface area contributed by atoms with Gasteiger partial charge in [0.1, 0.15) is 11.6 Å². The lowest BCUT2D eigenvalue weighted by Crippen LogP contribution is -2.20. The summed E-state index contributed by atoms with van der Waals surface area (Å²) in [4.78, 5) is 8.34. The average molecular weight is 241 g/mol. The Morgan fingerprint density at radius 1 is 1.56 bits per heavy atom. The molecule has 2 N–H and O–H groups in total. The van der Waals surface area contributed by atoms with Crippen LogP contribution in [0.4, 0.5) is 0 Å². The summed E-state index contributed by atoms with van der Waals surface area (Å²) in [6, 6.07) is -0.00367. The fourth-order valence-corrected chi connectivity index (χ4v) is 2.53. The van der Waals surface area contributed by atoms with E-state index in [1.54, 1.807) is 6.20 Å². The Morgan fingerprint density at radius 3 is 3.00 bits per heavy atom. The minimum Gasteiger partial charge on any atom is -0.324 e. The number of hydrogen-bond acceptors (Lipinski definition) is 5. The zero-order chi connectivity index (χ0) is 11.8. The summed E-state index contributed by atoms with van der Waals surface area (Å²) in [6.45, 7) is 0. The summed E-state index contributed by atoms with van der Waals surface area (Å²) in [5.41, 5.74) is 7.80. The number of aromatic nitrogens is 2. The molecule has 0 saturated heterocycles. The first-order valence-corrected chi connectivity index (χ1v) is 7.30. The van der Waals surface area contributed by atoms with E-state index in [1.165, 1.54) is 6.26 Å². The second-order valence-electron chi connectivity index (χ2n) is 4.26. The van der Waals surface area contributed by atoms with Gasteiger partial charge in [0, 0.05) is 29.8 Å². The van der Waals surface area contributed by atoms with Crippen molar-refractivity contribution in [2.45, 2.75) is 31.1 Å². The van der Waals surface area contributed by atoms with Gasteiger partial charge in [-0.15, -0.1) is 0 Å². The lowest BCUT2D eigenvalue weighted by molar-refractivity contribution is 0.553. The van der Waals surface area contributed by atoms with E-state index in [4.69, 9.17) is 5.73 Å². The molecule has 88 valence electrons. The van der Waals surface area contributed by atoms with Crippen molar-refractivity contribution in [3.63, 3.8) is 0 Å².